The van der Waals surface area contributed by atoms with E-state index >= 15 is 0 Å². The van der Waals surface area contributed by atoms with Crippen LogP contribution in [-0.4, -0.2) is 57.1 Å². The second-order valence-electron chi connectivity index (χ2n) is 11.1. The van der Waals surface area contributed by atoms with Gasteiger partial charge in [0.1, 0.15) is 21.8 Å². The quantitative estimate of drug-likeness (QED) is 0.318. The predicted octanol–water partition coefficient (Wildman–Crippen LogP) is 3.74. The molecule has 0 bridgehead atoms. The van der Waals surface area contributed by atoms with Gasteiger partial charge in [0.2, 0.25) is 10.0 Å². The number of nitrogens with one attached hydrogen (secondary N) is 2. The van der Waals surface area contributed by atoms with Crippen LogP contribution in [0.15, 0.2) is 57.3 Å². The Morgan fingerprint density at radius 1 is 1.14 bits per heavy atom. The van der Waals surface area contributed by atoms with Crippen LogP contribution in [0.3, 0.4) is 0 Å². The monoisotopic (exact) mass is 646 g/mol. The number of anilines is 2. The normalized spacial score (nSPS) is 19.6. The van der Waals surface area contributed by atoms with E-state index < -0.39 is 49.3 Å². The minimum absolute atomic E-state index is 0.0353. The van der Waals surface area contributed by atoms with Crippen molar-refractivity contribution in [1.29, 1.82) is 0 Å². The third-order valence-electron chi connectivity index (χ3n) is 6.31. The number of alkyl halides is 3. The number of Topliss-reactive ketones (excluding diaryl/α,β-unsaturated/α-hetero) is 1. The molecule has 234 valence electrons. The van der Waals surface area contributed by atoms with Crippen LogP contribution in [0.5, 0.6) is 0 Å². The molecule has 4 rings (SSSR count). The van der Waals surface area contributed by atoms with Crippen molar-refractivity contribution in [3.8, 4) is 0 Å². The van der Waals surface area contributed by atoms with E-state index in [1.165, 1.54) is 12.1 Å². The molecule has 0 fully saturated rings. The summed E-state index contributed by atoms with van der Waals surface area (Å²) in [5.41, 5.74) is 5.65. The van der Waals surface area contributed by atoms with Gasteiger partial charge in [-0.2, -0.15) is 21.6 Å². The summed E-state index contributed by atoms with van der Waals surface area (Å²) in [4.78, 5) is 22.4. The maximum absolute atomic E-state index is 13.8. The van der Waals surface area contributed by atoms with Gasteiger partial charge in [-0.25, -0.2) is 13.2 Å². The van der Waals surface area contributed by atoms with Gasteiger partial charge in [-0.3, -0.25) is 9.52 Å². The van der Waals surface area contributed by atoms with Crippen LogP contribution in [-0.2, 0) is 35.2 Å². The molecule has 1 atom stereocenters. The molecule has 12 nitrogen and oxygen atoms in total. The lowest BCUT2D eigenvalue weighted by atomic mass is 9.70. The van der Waals surface area contributed by atoms with Crippen LogP contribution >= 0.6 is 0 Å². The van der Waals surface area contributed by atoms with Crippen molar-refractivity contribution >= 4 is 54.8 Å². The molecule has 1 aliphatic carbocycles. The van der Waals surface area contributed by atoms with E-state index in [1.807, 2.05) is 20.8 Å². The van der Waals surface area contributed by atoms with E-state index in [9.17, 15) is 39.9 Å². The number of sulfonamides is 2. The lowest BCUT2D eigenvalue weighted by Gasteiger charge is -2.37. The van der Waals surface area contributed by atoms with E-state index in [0.717, 1.165) is 12.3 Å². The number of fused-ring (bicyclic) bond motifs is 2. The Kier molecular flexibility index (Phi) is 8.79. The van der Waals surface area contributed by atoms with Crippen LogP contribution in [0.25, 0.3) is 5.76 Å². The highest BCUT2D eigenvalue weighted by molar-refractivity contribution is 7.92. The SMILES string of the molecule is CC(C)(C)CCC1(N)C(=O)C(C2=NS(=O)(=O)c3cc(NS(C)(=O)=O)ccc3N2)=C(O)c2ccccc21.O=C(O)C(F)(F)F. The van der Waals surface area contributed by atoms with Gasteiger partial charge in [-0.15, -0.1) is 4.40 Å². The van der Waals surface area contributed by atoms with E-state index in [1.54, 1.807) is 24.3 Å². The number of aliphatic hydroxyl groups excluding tert-OH is 1. The molecule has 0 saturated carbocycles. The standard InChI is InChI=1S/C24H28N4O6S2.C2HF3O2/c1-23(2,3)11-12-24(25)16-8-6-5-7-15(16)20(29)19(21(24)30)22-26-17-10-9-14(27-35(4,31)32)13-18(17)36(33,34)28-22;3-2(4,5)1(6)7/h5-10,13,27,29H,11-12,25H2,1-4H3,(H,26,28);(H,6,7). The molecule has 17 heteroatoms. The lowest BCUT2D eigenvalue weighted by Crippen LogP contribution is -2.51. The zero-order valence-electron chi connectivity index (χ0n) is 23.3. The first-order valence-corrected chi connectivity index (χ1v) is 15.7. The zero-order chi connectivity index (χ0) is 32.8. The summed E-state index contributed by atoms with van der Waals surface area (Å²) in [5.74, 6) is -4.18. The summed E-state index contributed by atoms with van der Waals surface area (Å²) < 4.78 is 87.0. The van der Waals surface area contributed by atoms with E-state index in [2.05, 4.69) is 14.4 Å². The Morgan fingerprint density at radius 2 is 1.72 bits per heavy atom. The maximum Gasteiger partial charge on any atom is 0.490 e. The first kappa shape index (κ1) is 33.5. The predicted molar refractivity (Wildman–Crippen MR) is 152 cm³/mol. The molecule has 0 spiro atoms. The highest BCUT2D eigenvalue weighted by atomic mass is 32.2. The number of carbonyl (C=O) groups is 2. The minimum Gasteiger partial charge on any atom is -0.506 e. The summed E-state index contributed by atoms with van der Waals surface area (Å²) in [7, 11) is -8.00. The Bertz CT molecular complexity index is 1760. The number of amidine groups is 1. The number of nitrogens with zero attached hydrogens (tertiary/aromatic N) is 1. The number of carbonyl (C=O) groups excluding carboxylic acids is 1. The van der Waals surface area contributed by atoms with Crippen molar-refractivity contribution in [2.75, 3.05) is 16.3 Å². The Labute approximate surface area is 245 Å². The number of aliphatic hydroxyl groups is 1. The van der Waals surface area contributed by atoms with Crippen molar-refractivity contribution in [2.45, 2.75) is 50.2 Å². The summed E-state index contributed by atoms with van der Waals surface area (Å²) in [6.07, 6.45) is -3.29. The number of hydrogen-bond acceptors (Lipinski definition) is 9. The topological polar surface area (TPSA) is 205 Å². The fraction of sp³-hybridized carbons (Fsp3) is 0.346. The fourth-order valence-corrected chi connectivity index (χ4v) is 5.95. The van der Waals surface area contributed by atoms with Gasteiger partial charge in [0.15, 0.2) is 11.6 Å². The third-order valence-corrected chi connectivity index (χ3v) is 8.23. The summed E-state index contributed by atoms with van der Waals surface area (Å²) in [5, 5.41) is 21.0. The molecular weight excluding hydrogens is 617 g/mol. The minimum atomic E-state index is -5.08. The first-order valence-electron chi connectivity index (χ1n) is 12.4. The molecule has 0 saturated heterocycles. The van der Waals surface area contributed by atoms with Crippen LogP contribution in [0, 0.1) is 5.41 Å². The van der Waals surface area contributed by atoms with Crippen molar-refractivity contribution in [1.82, 2.24) is 0 Å². The van der Waals surface area contributed by atoms with Crippen LogP contribution in [0.1, 0.15) is 44.7 Å². The number of halogens is 3. The second kappa shape index (κ2) is 11.3. The number of carboxylic acid groups (broad SMARTS) is 1. The number of hydrogen-bond donors (Lipinski definition) is 5. The summed E-state index contributed by atoms with van der Waals surface area (Å²) in [6, 6.07) is 10.6. The Hall–Kier alpha value is -3.96. The molecule has 0 aromatic heterocycles. The first-order chi connectivity index (χ1) is 19.5. The molecule has 43 heavy (non-hydrogen) atoms. The molecule has 1 unspecified atom stereocenters. The lowest BCUT2D eigenvalue weighted by molar-refractivity contribution is -0.192. The van der Waals surface area contributed by atoms with Crippen molar-refractivity contribution in [3.63, 3.8) is 0 Å². The number of benzene rings is 2. The van der Waals surface area contributed by atoms with Gasteiger partial charge in [0.05, 0.1) is 11.9 Å². The van der Waals surface area contributed by atoms with Crippen LogP contribution < -0.4 is 15.8 Å². The Balaban J connectivity index is 0.000000646. The van der Waals surface area contributed by atoms with E-state index in [0.29, 0.717) is 17.5 Å². The molecule has 2 aromatic rings. The average Bonchev–Trinajstić information content (AvgIpc) is 2.85. The summed E-state index contributed by atoms with van der Waals surface area (Å²) in [6.45, 7) is 6.06. The molecular formula is C26H29F3N4O8S2. The van der Waals surface area contributed by atoms with Crippen molar-refractivity contribution in [3.05, 3.63) is 59.2 Å². The number of ketones is 1. The fourth-order valence-electron chi connectivity index (χ4n) is 4.25. The van der Waals surface area contributed by atoms with Gasteiger partial charge in [0, 0.05) is 11.3 Å². The second-order valence-corrected chi connectivity index (χ2v) is 14.4. The number of rotatable bonds is 5. The third kappa shape index (κ3) is 7.52. The molecule has 6 N–H and O–H groups in total. The smallest absolute Gasteiger partial charge is 0.490 e. The van der Waals surface area contributed by atoms with Crippen molar-refractivity contribution in [2.24, 2.45) is 15.5 Å². The average molecular weight is 647 g/mol. The highest BCUT2D eigenvalue weighted by Crippen LogP contribution is 2.42. The largest absolute Gasteiger partial charge is 0.506 e. The van der Waals surface area contributed by atoms with Crippen molar-refractivity contribution < 1.29 is 49.8 Å². The van der Waals surface area contributed by atoms with E-state index in [4.69, 9.17) is 15.6 Å². The van der Waals surface area contributed by atoms with Gasteiger partial charge in [0.25, 0.3) is 10.0 Å². The number of nitrogens with two attached hydrogens (primary N) is 1. The number of carboxylic acids is 1. The highest BCUT2D eigenvalue weighted by Gasteiger charge is 2.47. The van der Waals surface area contributed by atoms with Gasteiger partial charge < -0.3 is 21.3 Å². The van der Waals surface area contributed by atoms with Gasteiger partial charge in [-0.1, -0.05) is 45.0 Å². The maximum atomic E-state index is 13.8. The van der Waals surface area contributed by atoms with Crippen LogP contribution in [0.4, 0.5) is 24.5 Å². The van der Waals surface area contributed by atoms with E-state index in [-0.39, 0.29) is 39.5 Å². The molecule has 1 heterocycles. The molecule has 2 aliphatic rings. The summed E-state index contributed by atoms with van der Waals surface area (Å²) >= 11 is 0. The molecule has 2 aromatic carbocycles. The molecule has 0 amide bonds. The number of aliphatic carboxylic acids is 1. The molecule has 1 aliphatic heterocycles. The zero-order valence-corrected chi connectivity index (χ0v) is 24.9. The molecule has 0 radical (unpaired) electrons. The van der Waals surface area contributed by atoms with Gasteiger partial charge >= 0.3 is 12.1 Å². The van der Waals surface area contributed by atoms with Gasteiger partial charge in [-0.05, 0) is 42.0 Å². The van der Waals surface area contributed by atoms with Crippen LogP contribution in [0.2, 0.25) is 0 Å². The Morgan fingerprint density at radius 3 is 2.26 bits per heavy atom.